The van der Waals surface area contributed by atoms with Gasteiger partial charge in [-0.3, -0.25) is 0 Å². The highest BCUT2D eigenvalue weighted by molar-refractivity contribution is 9.06. The van der Waals surface area contributed by atoms with E-state index in [1.165, 1.54) is 0 Å². The molecule has 0 aliphatic heterocycles. The van der Waals surface area contributed by atoms with Gasteiger partial charge in [-0.1, -0.05) is 0 Å². The number of hydrogen-bond acceptors (Lipinski definition) is 3. The van der Waals surface area contributed by atoms with E-state index in [2.05, 4.69) is 20.1 Å². The third-order valence-electron chi connectivity index (χ3n) is 0.466. The maximum atomic E-state index is 8.45. The lowest BCUT2D eigenvalue weighted by molar-refractivity contribution is 0.0631. The first-order valence-corrected chi connectivity index (χ1v) is 2.48. The Hall–Kier alpha value is 0.360. The molecule has 2 N–H and O–H groups in total. The lowest BCUT2D eigenvalue weighted by Gasteiger charge is -2.00. The molecule has 0 bridgehead atoms. The topological polar surface area (TPSA) is 49.7 Å². The Kier molecular flexibility index (Phi) is 4.75. The standard InChI is InChI=1S/C3H7BrO3/c4-7-2-3(6)1-5/h3,5-6H,1-2H2/t3-/m1/s1. The molecule has 44 valence electrons. The summed E-state index contributed by atoms with van der Waals surface area (Å²) in [5.74, 6) is 0. The number of aliphatic hydroxyl groups is 2. The molecular weight excluding hydrogens is 164 g/mol. The maximum Gasteiger partial charge on any atom is 0.102 e. The van der Waals surface area contributed by atoms with Crippen molar-refractivity contribution in [2.24, 2.45) is 0 Å². The van der Waals surface area contributed by atoms with Crippen molar-refractivity contribution in [3.63, 3.8) is 0 Å². The molecule has 0 amide bonds. The average Bonchev–Trinajstić information content (AvgIpc) is 1.68. The molecule has 0 heterocycles. The van der Waals surface area contributed by atoms with Gasteiger partial charge < -0.3 is 14.0 Å². The number of halogens is 1. The molecule has 7 heavy (non-hydrogen) atoms. The third-order valence-corrected chi connectivity index (χ3v) is 0.730. The fourth-order valence-corrected chi connectivity index (χ4v) is 0.431. The summed E-state index contributed by atoms with van der Waals surface area (Å²) in [7, 11) is 0. The summed E-state index contributed by atoms with van der Waals surface area (Å²) in [4.78, 5) is 0. The molecule has 0 aromatic rings. The van der Waals surface area contributed by atoms with Crippen molar-refractivity contribution in [1.82, 2.24) is 0 Å². The van der Waals surface area contributed by atoms with Crippen LogP contribution in [-0.2, 0) is 3.83 Å². The lowest BCUT2D eigenvalue weighted by atomic mass is 10.4. The second-order valence-electron chi connectivity index (χ2n) is 1.11. The summed E-state index contributed by atoms with van der Waals surface area (Å²) in [6.07, 6.45) is -0.764. The second kappa shape index (κ2) is 4.52. The van der Waals surface area contributed by atoms with E-state index in [1.54, 1.807) is 0 Å². The summed E-state index contributed by atoms with van der Waals surface area (Å²) in [5, 5.41) is 16.6. The van der Waals surface area contributed by atoms with Crippen LogP contribution in [0, 0.1) is 0 Å². The van der Waals surface area contributed by atoms with Gasteiger partial charge in [-0.2, -0.15) is 0 Å². The van der Waals surface area contributed by atoms with Crippen LogP contribution in [0.2, 0.25) is 0 Å². The normalized spacial score (nSPS) is 14.1. The van der Waals surface area contributed by atoms with E-state index in [-0.39, 0.29) is 13.2 Å². The minimum absolute atomic E-state index is 0.122. The highest BCUT2D eigenvalue weighted by Gasteiger charge is 1.97. The van der Waals surface area contributed by atoms with Crippen molar-refractivity contribution in [3.05, 3.63) is 0 Å². The van der Waals surface area contributed by atoms with Crippen molar-refractivity contribution >= 4 is 16.3 Å². The van der Waals surface area contributed by atoms with E-state index in [4.69, 9.17) is 10.2 Å². The first kappa shape index (κ1) is 7.36. The van der Waals surface area contributed by atoms with Crippen LogP contribution in [0.5, 0.6) is 0 Å². The average molecular weight is 171 g/mol. The van der Waals surface area contributed by atoms with Crippen molar-refractivity contribution < 1.29 is 14.0 Å². The Morgan fingerprint density at radius 2 is 2.29 bits per heavy atom. The van der Waals surface area contributed by atoms with Crippen LogP contribution in [-0.4, -0.2) is 29.5 Å². The smallest absolute Gasteiger partial charge is 0.102 e. The molecular formula is C3H7BrO3. The molecule has 3 nitrogen and oxygen atoms in total. The Bertz CT molecular complexity index is 41.2. The molecule has 0 rings (SSSR count). The summed E-state index contributed by atoms with van der Waals surface area (Å²) in [5.41, 5.74) is 0. The molecule has 0 aliphatic rings. The summed E-state index contributed by atoms with van der Waals surface area (Å²) in [6, 6.07) is 0. The molecule has 0 aromatic carbocycles. The van der Waals surface area contributed by atoms with E-state index < -0.39 is 6.10 Å². The van der Waals surface area contributed by atoms with Gasteiger partial charge >= 0.3 is 0 Å². The molecule has 0 radical (unpaired) electrons. The summed E-state index contributed by atoms with van der Waals surface area (Å²) in [6.45, 7) is -0.137. The van der Waals surface area contributed by atoms with Crippen molar-refractivity contribution in [1.29, 1.82) is 0 Å². The van der Waals surface area contributed by atoms with Gasteiger partial charge in [0.15, 0.2) is 0 Å². The molecule has 0 unspecified atom stereocenters. The van der Waals surface area contributed by atoms with Gasteiger partial charge in [-0.25, -0.2) is 0 Å². The Morgan fingerprint density at radius 1 is 1.71 bits per heavy atom. The zero-order valence-electron chi connectivity index (χ0n) is 3.67. The van der Waals surface area contributed by atoms with Crippen molar-refractivity contribution in [2.75, 3.05) is 13.2 Å². The van der Waals surface area contributed by atoms with Gasteiger partial charge in [-0.05, 0) is 0 Å². The highest BCUT2D eigenvalue weighted by Crippen LogP contribution is 1.87. The Labute approximate surface area is 50.4 Å². The van der Waals surface area contributed by atoms with Crippen LogP contribution in [0.4, 0.5) is 0 Å². The molecule has 1 atom stereocenters. The molecule has 0 saturated heterocycles. The SMILES string of the molecule is OC[C@@H](O)COBr. The number of aliphatic hydroxyl groups excluding tert-OH is 2. The van der Waals surface area contributed by atoms with E-state index in [0.717, 1.165) is 0 Å². The van der Waals surface area contributed by atoms with Crippen LogP contribution < -0.4 is 0 Å². The largest absolute Gasteiger partial charge is 0.394 e. The van der Waals surface area contributed by atoms with Crippen LogP contribution in [0.25, 0.3) is 0 Å². The predicted octanol–water partition coefficient (Wildman–Crippen LogP) is -0.334. The van der Waals surface area contributed by atoms with Gasteiger partial charge in [0.2, 0.25) is 0 Å². The van der Waals surface area contributed by atoms with E-state index >= 15 is 0 Å². The van der Waals surface area contributed by atoms with Gasteiger partial charge in [-0.15, -0.1) is 0 Å². The fraction of sp³-hybridized carbons (Fsp3) is 1.00. The maximum absolute atomic E-state index is 8.45. The first-order valence-electron chi connectivity index (χ1n) is 1.83. The minimum atomic E-state index is -0.764. The predicted molar refractivity (Wildman–Crippen MR) is 28.0 cm³/mol. The number of rotatable bonds is 3. The zero-order valence-corrected chi connectivity index (χ0v) is 5.26. The van der Waals surface area contributed by atoms with Crippen molar-refractivity contribution in [3.8, 4) is 0 Å². The van der Waals surface area contributed by atoms with E-state index in [0.29, 0.717) is 0 Å². The van der Waals surface area contributed by atoms with Crippen LogP contribution in [0.1, 0.15) is 0 Å². The van der Waals surface area contributed by atoms with Gasteiger partial charge in [0.1, 0.15) is 6.10 Å². The lowest BCUT2D eigenvalue weighted by Crippen LogP contribution is -2.16. The molecule has 0 saturated carbocycles. The molecule has 0 spiro atoms. The first-order chi connectivity index (χ1) is 3.31. The molecule has 0 aliphatic carbocycles. The Morgan fingerprint density at radius 3 is 2.43 bits per heavy atom. The zero-order chi connectivity index (χ0) is 5.70. The van der Waals surface area contributed by atoms with Crippen molar-refractivity contribution in [2.45, 2.75) is 6.10 Å². The molecule has 4 heteroatoms. The quantitative estimate of drug-likeness (QED) is 0.610. The van der Waals surface area contributed by atoms with E-state index in [9.17, 15) is 0 Å². The van der Waals surface area contributed by atoms with Crippen LogP contribution >= 0.6 is 16.3 Å². The highest BCUT2D eigenvalue weighted by atomic mass is 79.9. The van der Waals surface area contributed by atoms with Gasteiger partial charge in [0, 0.05) is 0 Å². The fourth-order valence-electron chi connectivity index (χ4n) is 0.125. The van der Waals surface area contributed by atoms with Crippen LogP contribution in [0.3, 0.4) is 0 Å². The number of hydrogen-bond donors (Lipinski definition) is 2. The Balaban J connectivity index is 2.83. The molecule has 0 fully saturated rings. The molecule has 0 aromatic heterocycles. The van der Waals surface area contributed by atoms with Crippen LogP contribution in [0.15, 0.2) is 0 Å². The van der Waals surface area contributed by atoms with Gasteiger partial charge in [0.05, 0.1) is 29.5 Å². The summed E-state index contributed by atoms with van der Waals surface area (Å²) >= 11 is 2.62. The second-order valence-corrected chi connectivity index (χ2v) is 1.57. The van der Waals surface area contributed by atoms with Gasteiger partial charge in [0.25, 0.3) is 0 Å². The minimum Gasteiger partial charge on any atom is -0.394 e. The van der Waals surface area contributed by atoms with E-state index in [1.807, 2.05) is 0 Å². The third kappa shape index (κ3) is 4.21. The monoisotopic (exact) mass is 170 g/mol. The summed E-state index contributed by atoms with van der Waals surface area (Å²) < 4.78 is 4.30.